The summed E-state index contributed by atoms with van der Waals surface area (Å²) >= 11 is 6.53. The van der Waals surface area contributed by atoms with Crippen LogP contribution >= 0.6 is 11.6 Å². The first-order valence-electron chi connectivity index (χ1n) is 17.5. The van der Waals surface area contributed by atoms with E-state index in [4.69, 9.17) is 21.6 Å². The van der Waals surface area contributed by atoms with Crippen molar-refractivity contribution in [1.29, 1.82) is 0 Å². The topological polar surface area (TPSA) is 150 Å². The summed E-state index contributed by atoms with van der Waals surface area (Å²) in [6.07, 6.45) is 1.82. The molecule has 6 aromatic rings. The van der Waals surface area contributed by atoms with Gasteiger partial charge >= 0.3 is 0 Å². The van der Waals surface area contributed by atoms with Gasteiger partial charge in [-0.2, -0.15) is 0 Å². The Morgan fingerprint density at radius 1 is 0.611 bits per heavy atom. The van der Waals surface area contributed by atoms with E-state index in [1.54, 1.807) is 18.2 Å². The molecule has 0 atom stereocenters. The van der Waals surface area contributed by atoms with Crippen LogP contribution in [0.15, 0.2) is 79.0 Å². The fourth-order valence-electron chi connectivity index (χ4n) is 6.62. The van der Waals surface area contributed by atoms with Gasteiger partial charge in [-0.05, 0) is 116 Å². The average molecular weight is 741 g/mol. The number of carbonyl (C=O) groups excluding carboxylic acids is 2. The Labute approximate surface area is 319 Å². The third-order valence-electron chi connectivity index (χ3n) is 9.26. The number of hydrogen-bond donors (Lipinski definition) is 4. The molecule has 4 N–H and O–H groups in total. The summed E-state index contributed by atoms with van der Waals surface area (Å²) in [4.78, 5) is 45.8. The molecule has 0 unspecified atom stereocenters. The van der Waals surface area contributed by atoms with Gasteiger partial charge in [0, 0.05) is 45.8 Å². The molecular weight excluding hydrogens is 700 g/mol. The maximum atomic E-state index is 13.9. The molecule has 2 aromatic heterocycles. The number of aliphatic hydroxyl groups excluding tert-OH is 2. The van der Waals surface area contributed by atoms with Crippen molar-refractivity contribution in [3.05, 3.63) is 151 Å². The van der Waals surface area contributed by atoms with Gasteiger partial charge < -0.3 is 20.8 Å². The van der Waals surface area contributed by atoms with Crippen molar-refractivity contribution in [2.75, 3.05) is 10.6 Å². The summed E-state index contributed by atoms with van der Waals surface area (Å²) in [5, 5.41) is 25.6. The number of carbonyl (C=O) groups is 2. The van der Waals surface area contributed by atoms with E-state index in [-0.39, 0.29) is 31.3 Å². The normalized spacial score (nSPS) is 11.1. The van der Waals surface area contributed by atoms with E-state index in [1.165, 1.54) is 6.20 Å². The molecule has 2 heterocycles. The largest absolute Gasteiger partial charge is 0.392 e. The second-order valence-corrected chi connectivity index (χ2v) is 14.0. The highest BCUT2D eigenvalue weighted by Gasteiger charge is 2.20. The Kier molecular flexibility index (Phi) is 11.3. The lowest BCUT2D eigenvalue weighted by molar-refractivity contribution is 0.100. The molecule has 0 aliphatic rings. The first-order valence-corrected chi connectivity index (χ1v) is 17.8. The van der Waals surface area contributed by atoms with Gasteiger partial charge in [0.25, 0.3) is 11.8 Å². The highest BCUT2D eigenvalue weighted by Crippen LogP contribution is 2.31. The van der Waals surface area contributed by atoms with E-state index < -0.39 is 11.8 Å². The minimum atomic E-state index is -0.482. The number of rotatable bonds is 10. The fraction of sp³-hybridized carbons (Fsp3) is 0.209. The quantitative estimate of drug-likeness (QED) is 0.110. The molecule has 0 saturated carbocycles. The second-order valence-electron chi connectivity index (χ2n) is 13.6. The van der Waals surface area contributed by atoms with Gasteiger partial charge in [-0.25, -0.2) is 19.9 Å². The number of aliphatic hydroxyl groups is 2. The molecule has 11 heteroatoms. The van der Waals surface area contributed by atoms with E-state index in [0.717, 1.165) is 55.6 Å². The van der Waals surface area contributed by atoms with Gasteiger partial charge in [-0.15, -0.1) is 0 Å². The second kappa shape index (κ2) is 16.1. The van der Waals surface area contributed by atoms with Gasteiger partial charge in [0.05, 0.1) is 24.6 Å². The van der Waals surface area contributed by atoms with Crippen molar-refractivity contribution in [3.63, 3.8) is 0 Å². The minimum absolute atomic E-state index is 0.00237. The van der Waals surface area contributed by atoms with Crippen molar-refractivity contribution >= 4 is 34.8 Å². The Hall–Kier alpha value is -5.81. The van der Waals surface area contributed by atoms with Crippen LogP contribution in [0.5, 0.6) is 0 Å². The van der Waals surface area contributed by atoms with E-state index in [0.29, 0.717) is 39.0 Å². The first-order chi connectivity index (χ1) is 25.8. The average Bonchev–Trinajstić information content (AvgIpc) is 3.15. The number of benzene rings is 4. The number of aromatic nitrogens is 4. The fourth-order valence-corrected chi connectivity index (χ4v) is 6.79. The molecule has 0 aliphatic heterocycles. The molecule has 4 aromatic carbocycles. The van der Waals surface area contributed by atoms with Gasteiger partial charge in [0.15, 0.2) is 0 Å². The predicted molar refractivity (Wildman–Crippen MR) is 212 cm³/mol. The molecule has 0 aliphatic carbocycles. The summed E-state index contributed by atoms with van der Waals surface area (Å²) in [6.45, 7) is 11.3. The van der Waals surface area contributed by atoms with E-state index in [1.807, 2.05) is 96.1 Å². The molecule has 6 rings (SSSR count). The Balaban J connectivity index is 1.37. The minimum Gasteiger partial charge on any atom is -0.392 e. The Morgan fingerprint density at radius 3 is 1.78 bits per heavy atom. The Bertz CT molecular complexity index is 2380. The number of nitrogens with zero attached hydrogens (tertiary/aromatic N) is 4. The van der Waals surface area contributed by atoms with Crippen LogP contribution in [0, 0.1) is 41.5 Å². The van der Waals surface area contributed by atoms with Crippen LogP contribution in [0.1, 0.15) is 77.0 Å². The third kappa shape index (κ3) is 8.36. The smallest absolute Gasteiger partial charge is 0.293 e. The lowest BCUT2D eigenvalue weighted by Crippen LogP contribution is -2.19. The maximum absolute atomic E-state index is 13.9. The summed E-state index contributed by atoms with van der Waals surface area (Å²) in [5.41, 5.74) is 12.1. The summed E-state index contributed by atoms with van der Waals surface area (Å²) in [6, 6.07) is 22.4. The van der Waals surface area contributed by atoms with Gasteiger partial charge in [-0.3, -0.25) is 9.59 Å². The standard InChI is InChI=1S/C43H41ClN6O4/c1-23-7-8-24(2)34(13-23)37-20-33(46-41(48-37)43(54)50-39-27(5)16-30(22-52)17-28(39)6)18-31-9-10-32(44)19-35(31)36-11-12-45-40(47-36)42(53)49-38-25(3)14-29(21-51)15-26(38)4/h7-17,19-20,51-52H,18,21-22H2,1-6H3,(H,49,53)(H,50,54). The van der Waals surface area contributed by atoms with E-state index in [9.17, 15) is 19.8 Å². The molecular formula is C43H41ClN6O4. The molecule has 2 amide bonds. The van der Waals surface area contributed by atoms with Gasteiger partial charge in [0.1, 0.15) is 0 Å². The molecule has 0 radical (unpaired) electrons. The molecule has 0 saturated heterocycles. The molecule has 54 heavy (non-hydrogen) atoms. The van der Waals surface area contributed by atoms with Crippen molar-refractivity contribution in [2.24, 2.45) is 0 Å². The van der Waals surface area contributed by atoms with Gasteiger partial charge in [0.2, 0.25) is 11.6 Å². The first kappa shape index (κ1) is 37.9. The molecule has 274 valence electrons. The third-order valence-corrected chi connectivity index (χ3v) is 9.49. The maximum Gasteiger partial charge on any atom is 0.293 e. The predicted octanol–water partition coefficient (Wildman–Crippen LogP) is 8.18. The van der Waals surface area contributed by atoms with Crippen molar-refractivity contribution in [2.45, 2.75) is 61.2 Å². The van der Waals surface area contributed by atoms with Crippen LogP contribution in [-0.4, -0.2) is 42.0 Å². The van der Waals surface area contributed by atoms with Crippen molar-refractivity contribution in [1.82, 2.24) is 19.9 Å². The molecule has 10 nitrogen and oxygen atoms in total. The van der Waals surface area contributed by atoms with Crippen LogP contribution in [-0.2, 0) is 19.6 Å². The van der Waals surface area contributed by atoms with Gasteiger partial charge in [-0.1, -0.05) is 59.6 Å². The van der Waals surface area contributed by atoms with E-state index >= 15 is 0 Å². The molecule has 0 bridgehead atoms. The summed E-state index contributed by atoms with van der Waals surface area (Å²) in [7, 11) is 0. The monoisotopic (exact) mass is 740 g/mol. The van der Waals surface area contributed by atoms with Crippen LogP contribution in [0.3, 0.4) is 0 Å². The van der Waals surface area contributed by atoms with Crippen LogP contribution in [0.4, 0.5) is 11.4 Å². The number of anilines is 2. The summed E-state index contributed by atoms with van der Waals surface area (Å²) in [5.74, 6) is -0.975. The number of hydrogen-bond acceptors (Lipinski definition) is 8. The Morgan fingerprint density at radius 2 is 1.19 bits per heavy atom. The SMILES string of the molecule is Cc1ccc(C)c(-c2cc(Cc3ccc(Cl)cc3-c3ccnc(C(=O)Nc4c(C)cc(CO)cc4C)n3)nc(C(=O)Nc3c(C)cc(CO)cc3C)n2)c1. The van der Waals surface area contributed by atoms with Crippen molar-refractivity contribution < 1.29 is 19.8 Å². The lowest BCUT2D eigenvalue weighted by Gasteiger charge is -2.15. The van der Waals surface area contributed by atoms with Crippen molar-refractivity contribution in [3.8, 4) is 22.5 Å². The number of halogens is 1. The highest BCUT2D eigenvalue weighted by molar-refractivity contribution is 6.30. The van der Waals surface area contributed by atoms with Crippen LogP contribution in [0.25, 0.3) is 22.5 Å². The summed E-state index contributed by atoms with van der Waals surface area (Å²) < 4.78 is 0. The zero-order chi connectivity index (χ0) is 38.7. The zero-order valence-electron chi connectivity index (χ0n) is 31.0. The zero-order valence-corrected chi connectivity index (χ0v) is 31.8. The van der Waals surface area contributed by atoms with Crippen LogP contribution in [0.2, 0.25) is 5.02 Å². The highest BCUT2D eigenvalue weighted by atomic mass is 35.5. The number of nitrogens with one attached hydrogen (secondary N) is 2. The molecule has 0 spiro atoms. The molecule has 0 fully saturated rings. The van der Waals surface area contributed by atoms with Crippen LogP contribution < -0.4 is 10.6 Å². The number of amides is 2. The number of aryl methyl sites for hydroxylation is 6. The van der Waals surface area contributed by atoms with E-state index in [2.05, 4.69) is 20.6 Å². The lowest BCUT2D eigenvalue weighted by atomic mass is 9.98.